The van der Waals surface area contributed by atoms with Crippen LogP contribution in [0.4, 0.5) is 0 Å². The Hall–Kier alpha value is -2.87. The first kappa shape index (κ1) is 18.5. The summed E-state index contributed by atoms with van der Waals surface area (Å²) in [5.41, 5.74) is 6.76. The molecular weight excluding hydrogens is 340 g/mol. The van der Waals surface area contributed by atoms with Crippen LogP contribution in [0.2, 0.25) is 0 Å². The minimum Gasteiger partial charge on any atom is -0.368 e. The zero-order valence-electron chi connectivity index (χ0n) is 13.6. The Morgan fingerprint density at radius 1 is 1.08 bits per heavy atom. The maximum Gasteiger partial charge on any atom is 0.254 e. The van der Waals surface area contributed by atoms with Crippen molar-refractivity contribution in [1.29, 1.82) is 0 Å². The Bertz CT molecular complexity index is 778. The number of aromatic nitrogens is 1. The average molecular weight is 358 g/mol. The zero-order valence-corrected chi connectivity index (χ0v) is 14.4. The van der Waals surface area contributed by atoms with Crippen LogP contribution in [0, 0.1) is 0 Å². The van der Waals surface area contributed by atoms with E-state index in [1.165, 1.54) is 11.8 Å². The molecule has 0 saturated heterocycles. The van der Waals surface area contributed by atoms with Gasteiger partial charge in [0.25, 0.3) is 11.8 Å². The highest BCUT2D eigenvalue weighted by Crippen LogP contribution is 2.16. The molecule has 0 atom stereocenters. The molecule has 1 aromatic heterocycles. The standard InChI is InChI=1S/C17H18N4O3S/c1-25-17-13(3-2-8-19-17)16(24)20-9-11-4-6-12(7-5-11)15(23)21-10-14(18)22/h2-8H,9-10H2,1H3,(H2,18,22)(H,20,24)(H,21,23). The van der Waals surface area contributed by atoms with Crippen molar-refractivity contribution in [2.24, 2.45) is 5.73 Å². The molecule has 1 heterocycles. The van der Waals surface area contributed by atoms with Gasteiger partial charge in [-0.1, -0.05) is 12.1 Å². The van der Waals surface area contributed by atoms with Gasteiger partial charge in [-0.2, -0.15) is 0 Å². The van der Waals surface area contributed by atoms with Gasteiger partial charge in [-0.15, -0.1) is 11.8 Å². The predicted molar refractivity (Wildman–Crippen MR) is 95.2 cm³/mol. The Morgan fingerprint density at radius 3 is 2.44 bits per heavy atom. The fraction of sp³-hybridized carbons (Fsp3) is 0.176. The molecule has 2 aromatic rings. The molecule has 3 amide bonds. The average Bonchev–Trinajstić information content (AvgIpc) is 2.64. The third kappa shape index (κ3) is 5.32. The van der Waals surface area contributed by atoms with Crippen molar-refractivity contribution in [3.63, 3.8) is 0 Å². The first-order chi connectivity index (χ1) is 12.0. The van der Waals surface area contributed by atoms with Crippen LogP contribution >= 0.6 is 11.8 Å². The number of nitrogens with one attached hydrogen (secondary N) is 2. The van der Waals surface area contributed by atoms with Crippen molar-refractivity contribution in [3.8, 4) is 0 Å². The van der Waals surface area contributed by atoms with E-state index in [0.717, 1.165) is 5.56 Å². The Morgan fingerprint density at radius 2 is 1.80 bits per heavy atom. The molecule has 130 valence electrons. The highest BCUT2D eigenvalue weighted by atomic mass is 32.2. The van der Waals surface area contributed by atoms with Gasteiger partial charge in [-0.05, 0) is 36.1 Å². The molecule has 0 aliphatic carbocycles. The number of carbonyl (C=O) groups excluding carboxylic acids is 3. The van der Waals surface area contributed by atoms with Crippen LogP contribution in [-0.2, 0) is 11.3 Å². The van der Waals surface area contributed by atoms with Crippen LogP contribution in [0.25, 0.3) is 0 Å². The highest BCUT2D eigenvalue weighted by molar-refractivity contribution is 7.98. The van der Waals surface area contributed by atoms with Gasteiger partial charge in [0.15, 0.2) is 0 Å². The lowest BCUT2D eigenvalue weighted by Gasteiger charge is -2.08. The third-order valence-electron chi connectivity index (χ3n) is 3.30. The molecule has 1 aromatic carbocycles. The van der Waals surface area contributed by atoms with Crippen LogP contribution in [-0.4, -0.2) is 35.5 Å². The second-order valence-corrected chi connectivity index (χ2v) is 5.88. The molecule has 2 rings (SSSR count). The van der Waals surface area contributed by atoms with E-state index in [1.54, 1.807) is 42.6 Å². The number of primary amides is 1. The lowest BCUT2D eigenvalue weighted by molar-refractivity contribution is -0.117. The number of nitrogens with two attached hydrogens (primary N) is 1. The van der Waals surface area contributed by atoms with Gasteiger partial charge in [-0.3, -0.25) is 14.4 Å². The van der Waals surface area contributed by atoms with E-state index < -0.39 is 5.91 Å². The molecule has 0 aliphatic heterocycles. The molecule has 0 fully saturated rings. The SMILES string of the molecule is CSc1ncccc1C(=O)NCc1ccc(C(=O)NCC(N)=O)cc1. The number of nitrogens with zero attached hydrogens (tertiary/aromatic N) is 1. The number of hydrogen-bond acceptors (Lipinski definition) is 5. The van der Waals surface area contributed by atoms with Crippen LogP contribution in [0.15, 0.2) is 47.6 Å². The summed E-state index contributed by atoms with van der Waals surface area (Å²) in [7, 11) is 0. The molecule has 4 N–H and O–H groups in total. The first-order valence-corrected chi connectivity index (χ1v) is 8.66. The number of hydrogen-bond donors (Lipinski definition) is 3. The van der Waals surface area contributed by atoms with Gasteiger partial charge in [0.1, 0.15) is 5.03 Å². The lowest BCUT2D eigenvalue weighted by atomic mass is 10.1. The summed E-state index contributed by atoms with van der Waals surface area (Å²) in [5.74, 6) is -1.19. The molecule has 25 heavy (non-hydrogen) atoms. The minimum absolute atomic E-state index is 0.208. The van der Waals surface area contributed by atoms with Crippen molar-refractivity contribution >= 4 is 29.5 Å². The molecule has 0 radical (unpaired) electrons. The van der Waals surface area contributed by atoms with Gasteiger partial charge in [-0.25, -0.2) is 4.98 Å². The minimum atomic E-state index is -0.604. The van der Waals surface area contributed by atoms with Crippen molar-refractivity contribution in [2.45, 2.75) is 11.6 Å². The third-order valence-corrected chi connectivity index (χ3v) is 4.01. The molecule has 0 aliphatic rings. The van der Waals surface area contributed by atoms with Crippen LogP contribution < -0.4 is 16.4 Å². The summed E-state index contributed by atoms with van der Waals surface area (Å²) in [6, 6.07) is 10.1. The van der Waals surface area contributed by atoms with Gasteiger partial charge < -0.3 is 16.4 Å². The fourth-order valence-corrected chi connectivity index (χ4v) is 2.59. The summed E-state index contributed by atoms with van der Waals surface area (Å²) >= 11 is 1.41. The van der Waals surface area contributed by atoms with E-state index in [1.807, 2.05) is 6.26 Å². The first-order valence-electron chi connectivity index (χ1n) is 7.44. The normalized spacial score (nSPS) is 10.1. The second kappa shape index (κ2) is 8.84. The number of pyridine rings is 1. The van der Waals surface area contributed by atoms with E-state index in [9.17, 15) is 14.4 Å². The van der Waals surface area contributed by atoms with E-state index in [4.69, 9.17) is 5.73 Å². The summed E-state index contributed by atoms with van der Waals surface area (Å²) in [4.78, 5) is 38.9. The topological polar surface area (TPSA) is 114 Å². The van der Waals surface area contributed by atoms with Gasteiger partial charge >= 0.3 is 0 Å². The quantitative estimate of drug-likeness (QED) is 0.638. The zero-order chi connectivity index (χ0) is 18.2. The summed E-state index contributed by atoms with van der Waals surface area (Å²) < 4.78 is 0. The molecule has 0 spiro atoms. The monoisotopic (exact) mass is 358 g/mol. The van der Waals surface area contributed by atoms with E-state index in [2.05, 4.69) is 15.6 Å². The van der Waals surface area contributed by atoms with Gasteiger partial charge in [0, 0.05) is 18.3 Å². The molecular formula is C17H18N4O3S. The maximum absolute atomic E-state index is 12.2. The maximum atomic E-state index is 12.2. The molecule has 0 saturated carbocycles. The predicted octanol–water partition coefficient (Wildman–Crippen LogP) is 0.949. The molecule has 0 unspecified atom stereocenters. The van der Waals surface area contributed by atoms with Crippen LogP contribution in [0.5, 0.6) is 0 Å². The number of amides is 3. The summed E-state index contributed by atoms with van der Waals surface area (Å²) in [6.45, 7) is 0.115. The van der Waals surface area contributed by atoms with Crippen molar-refractivity contribution < 1.29 is 14.4 Å². The van der Waals surface area contributed by atoms with Crippen LogP contribution in [0.3, 0.4) is 0 Å². The van der Waals surface area contributed by atoms with Gasteiger partial charge in [0.05, 0.1) is 12.1 Å². The van der Waals surface area contributed by atoms with Crippen molar-refractivity contribution in [2.75, 3.05) is 12.8 Å². The van der Waals surface area contributed by atoms with E-state index in [-0.39, 0.29) is 18.4 Å². The van der Waals surface area contributed by atoms with Crippen LogP contribution in [0.1, 0.15) is 26.3 Å². The number of thioether (sulfide) groups is 1. The fourth-order valence-electron chi connectivity index (χ4n) is 2.05. The summed E-state index contributed by atoms with van der Waals surface area (Å²) in [6.07, 6.45) is 3.51. The summed E-state index contributed by atoms with van der Waals surface area (Å²) in [5, 5.41) is 5.90. The van der Waals surface area contributed by atoms with E-state index in [0.29, 0.717) is 22.7 Å². The van der Waals surface area contributed by atoms with Crippen molar-refractivity contribution in [1.82, 2.24) is 15.6 Å². The smallest absolute Gasteiger partial charge is 0.254 e. The molecule has 7 nitrogen and oxygen atoms in total. The van der Waals surface area contributed by atoms with E-state index >= 15 is 0 Å². The Balaban J connectivity index is 1.94. The Kier molecular flexibility index (Phi) is 6.53. The number of rotatable bonds is 7. The number of benzene rings is 1. The Labute approximate surface area is 149 Å². The lowest BCUT2D eigenvalue weighted by Crippen LogP contribution is -2.33. The molecule has 0 bridgehead atoms. The second-order valence-electron chi connectivity index (χ2n) is 5.09. The number of carbonyl (C=O) groups is 3. The van der Waals surface area contributed by atoms with Crippen molar-refractivity contribution in [3.05, 3.63) is 59.3 Å². The van der Waals surface area contributed by atoms with Gasteiger partial charge in [0.2, 0.25) is 5.91 Å². The highest BCUT2D eigenvalue weighted by Gasteiger charge is 2.11. The molecule has 8 heteroatoms. The largest absolute Gasteiger partial charge is 0.368 e.